The lowest BCUT2D eigenvalue weighted by atomic mass is 10.0. The van der Waals surface area contributed by atoms with Gasteiger partial charge < -0.3 is 9.84 Å². The lowest BCUT2D eigenvalue weighted by molar-refractivity contribution is -0.0933. The minimum Gasteiger partial charge on any atom is -0.393 e. The van der Waals surface area contributed by atoms with Crippen molar-refractivity contribution in [3.05, 3.63) is 32.6 Å². The van der Waals surface area contributed by atoms with Crippen LogP contribution in [0.4, 0.5) is 4.39 Å². The Morgan fingerprint density at radius 2 is 2.37 bits per heavy atom. The van der Waals surface area contributed by atoms with Crippen molar-refractivity contribution < 1.29 is 14.2 Å². The molecular formula is C11H14ClFN2O4. The number of rotatable bonds is 3. The fourth-order valence-corrected chi connectivity index (χ4v) is 2.33. The molecule has 1 aliphatic rings. The highest BCUT2D eigenvalue weighted by molar-refractivity contribution is 6.18. The standard InChI is InChI=1S/C11H14ClFN2O4/c1-6-3-15(10(18)14-8(6)17)9-7(13)2-11(4-12,5-16)19-9/h3,7,9,16H,2,4-5H2,1H3,(H,14,17,18)/t7-,9+,11+/m0/s1. The van der Waals surface area contributed by atoms with Gasteiger partial charge in [0.2, 0.25) is 0 Å². The Morgan fingerprint density at radius 3 is 2.89 bits per heavy atom. The molecule has 1 fully saturated rings. The van der Waals surface area contributed by atoms with Gasteiger partial charge in [-0.3, -0.25) is 14.3 Å². The summed E-state index contributed by atoms with van der Waals surface area (Å²) in [6.07, 6.45) is -1.56. The number of aliphatic hydroxyl groups is 1. The number of hydrogen-bond donors (Lipinski definition) is 2. The molecule has 2 heterocycles. The largest absolute Gasteiger partial charge is 0.393 e. The van der Waals surface area contributed by atoms with Crippen molar-refractivity contribution in [1.29, 1.82) is 0 Å². The molecule has 8 heteroatoms. The fraction of sp³-hybridized carbons (Fsp3) is 0.636. The molecule has 0 unspecified atom stereocenters. The van der Waals surface area contributed by atoms with Crippen LogP contribution in [0.15, 0.2) is 15.8 Å². The van der Waals surface area contributed by atoms with Gasteiger partial charge in [0.1, 0.15) is 11.8 Å². The van der Waals surface area contributed by atoms with Gasteiger partial charge in [-0.2, -0.15) is 0 Å². The number of nitrogens with zero attached hydrogens (tertiary/aromatic N) is 1. The average molecular weight is 293 g/mol. The topological polar surface area (TPSA) is 84.3 Å². The van der Waals surface area contributed by atoms with E-state index >= 15 is 0 Å². The average Bonchev–Trinajstić information content (AvgIpc) is 2.72. The molecule has 3 atom stereocenters. The molecule has 0 saturated carbocycles. The number of alkyl halides is 2. The molecule has 106 valence electrons. The number of aryl methyl sites for hydroxylation is 1. The van der Waals surface area contributed by atoms with Crippen LogP contribution in [-0.2, 0) is 4.74 Å². The van der Waals surface area contributed by atoms with E-state index in [4.69, 9.17) is 16.3 Å². The summed E-state index contributed by atoms with van der Waals surface area (Å²) in [5.41, 5.74) is -2.22. The normalized spacial score (nSPS) is 30.7. The summed E-state index contributed by atoms with van der Waals surface area (Å²) in [6, 6.07) is 0. The predicted octanol–water partition coefficient (Wildman–Crippen LogP) is 0.0719. The third kappa shape index (κ3) is 2.45. The van der Waals surface area contributed by atoms with Gasteiger partial charge in [-0.15, -0.1) is 11.6 Å². The maximum Gasteiger partial charge on any atom is 0.330 e. The van der Waals surface area contributed by atoms with E-state index in [2.05, 4.69) is 4.98 Å². The molecule has 0 aromatic carbocycles. The molecular weight excluding hydrogens is 279 g/mol. The van der Waals surface area contributed by atoms with E-state index in [1.54, 1.807) is 0 Å². The summed E-state index contributed by atoms with van der Waals surface area (Å²) in [4.78, 5) is 25.0. The summed E-state index contributed by atoms with van der Waals surface area (Å²) >= 11 is 5.68. The summed E-state index contributed by atoms with van der Waals surface area (Å²) in [6.45, 7) is 1.06. The highest BCUT2D eigenvalue weighted by atomic mass is 35.5. The second-order valence-electron chi connectivity index (χ2n) is 4.68. The first-order valence-corrected chi connectivity index (χ1v) is 6.27. The molecule has 1 saturated heterocycles. The summed E-state index contributed by atoms with van der Waals surface area (Å²) in [5.74, 6) is -0.0858. The highest BCUT2D eigenvalue weighted by Gasteiger charge is 2.47. The summed E-state index contributed by atoms with van der Waals surface area (Å²) in [7, 11) is 0. The molecule has 0 spiro atoms. The Bertz CT molecular complexity index is 581. The van der Waals surface area contributed by atoms with E-state index in [-0.39, 0.29) is 17.9 Å². The van der Waals surface area contributed by atoms with Crippen LogP contribution in [0.2, 0.25) is 0 Å². The zero-order chi connectivity index (χ0) is 14.2. The van der Waals surface area contributed by atoms with E-state index in [9.17, 15) is 19.1 Å². The van der Waals surface area contributed by atoms with Crippen LogP contribution in [0.3, 0.4) is 0 Å². The van der Waals surface area contributed by atoms with Crippen molar-refractivity contribution in [3.63, 3.8) is 0 Å². The first kappa shape index (κ1) is 14.2. The molecule has 0 bridgehead atoms. The monoisotopic (exact) mass is 292 g/mol. The third-order valence-electron chi connectivity index (χ3n) is 3.20. The number of aliphatic hydroxyl groups excluding tert-OH is 1. The minimum atomic E-state index is -1.49. The zero-order valence-electron chi connectivity index (χ0n) is 10.2. The number of ether oxygens (including phenoxy) is 1. The van der Waals surface area contributed by atoms with Gasteiger partial charge >= 0.3 is 5.69 Å². The van der Waals surface area contributed by atoms with Gasteiger partial charge in [0, 0.05) is 18.2 Å². The Hall–Kier alpha value is -1.18. The maximum absolute atomic E-state index is 14.0. The lowest BCUT2D eigenvalue weighted by Crippen LogP contribution is -2.38. The smallest absolute Gasteiger partial charge is 0.330 e. The van der Waals surface area contributed by atoms with Crippen molar-refractivity contribution in [3.8, 4) is 0 Å². The van der Waals surface area contributed by atoms with Crippen LogP contribution in [-0.4, -0.2) is 38.9 Å². The quantitative estimate of drug-likeness (QED) is 0.772. The van der Waals surface area contributed by atoms with Crippen LogP contribution in [0.5, 0.6) is 0 Å². The van der Waals surface area contributed by atoms with Crippen molar-refractivity contribution >= 4 is 11.6 Å². The van der Waals surface area contributed by atoms with E-state index in [0.29, 0.717) is 0 Å². The molecule has 1 aliphatic heterocycles. The Balaban J connectivity index is 2.41. The highest BCUT2D eigenvalue weighted by Crippen LogP contribution is 2.38. The van der Waals surface area contributed by atoms with Gasteiger partial charge in [-0.1, -0.05) is 0 Å². The fourth-order valence-electron chi connectivity index (χ4n) is 2.07. The molecule has 0 radical (unpaired) electrons. The number of hydrogen-bond acceptors (Lipinski definition) is 4. The number of aromatic nitrogens is 2. The van der Waals surface area contributed by atoms with Crippen LogP contribution >= 0.6 is 11.6 Å². The molecule has 6 nitrogen and oxygen atoms in total. The minimum absolute atomic E-state index is 0.0858. The third-order valence-corrected chi connectivity index (χ3v) is 3.69. The number of H-pyrrole nitrogens is 1. The lowest BCUT2D eigenvalue weighted by Gasteiger charge is -2.24. The molecule has 2 N–H and O–H groups in total. The Morgan fingerprint density at radius 1 is 1.68 bits per heavy atom. The molecule has 1 aromatic rings. The number of nitrogens with one attached hydrogen (secondary N) is 1. The first-order chi connectivity index (χ1) is 8.92. The molecule has 1 aromatic heterocycles. The summed E-state index contributed by atoms with van der Waals surface area (Å²) in [5, 5.41) is 9.25. The van der Waals surface area contributed by atoms with Crippen molar-refractivity contribution in [2.75, 3.05) is 12.5 Å². The van der Waals surface area contributed by atoms with Crippen molar-refractivity contribution in [2.45, 2.75) is 31.3 Å². The molecule has 0 amide bonds. The van der Waals surface area contributed by atoms with Crippen LogP contribution in [0.1, 0.15) is 18.2 Å². The van der Waals surface area contributed by atoms with Gasteiger partial charge in [-0.25, -0.2) is 9.18 Å². The van der Waals surface area contributed by atoms with Gasteiger partial charge in [0.05, 0.1) is 12.5 Å². The van der Waals surface area contributed by atoms with Crippen LogP contribution in [0.25, 0.3) is 0 Å². The molecule has 2 rings (SSSR count). The maximum atomic E-state index is 14.0. The SMILES string of the molecule is Cc1cn([C@@H]2O[C@@](CO)(CCl)C[C@@H]2F)c(=O)[nH]c1=O. The second-order valence-corrected chi connectivity index (χ2v) is 4.95. The van der Waals surface area contributed by atoms with E-state index in [1.165, 1.54) is 13.1 Å². The van der Waals surface area contributed by atoms with Gasteiger partial charge in [-0.05, 0) is 6.92 Å². The number of halogens is 2. The molecule has 0 aliphatic carbocycles. The van der Waals surface area contributed by atoms with Gasteiger partial charge in [0.25, 0.3) is 5.56 Å². The predicted molar refractivity (Wildman–Crippen MR) is 66.2 cm³/mol. The Kier molecular flexibility index (Phi) is 3.80. The Labute approximate surface area is 112 Å². The number of aromatic amines is 1. The zero-order valence-corrected chi connectivity index (χ0v) is 11.0. The molecule has 19 heavy (non-hydrogen) atoms. The van der Waals surface area contributed by atoms with Crippen LogP contribution in [0, 0.1) is 6.92 Å². The second kappa shape index (κ2) is 5.07. The van der Waals surface area contributed by atoms with E-state index in [0.717, 1.165) is 4.57 Å². The van der Waals surface area contributed by atoms with E-state index < -0.39 is 35.9 Å². The van der Waals surface area contributed by atoms with Gasteiger partial charge in [0.15, 0.2) is 6.23 Å². The van der Waals surface area contributed by atoms with Crippen molar-refractivity contribution in [1.82, 2.24) is 9.55 Å². The summed E-state index contributed by atoms with van der Waals surface area (Å²) < 4.78 is 20.4. The first-order valence-electron chi connectivity index (χ1n) is 5.73. The van der Waals surface area contributed by atoms with Crippen LogP contribution < -0.4 is 11.2 Å². The van der Waals surface area contributed by atoms with E-state index in [1.807, 2.05) is 0 Å². The van der Waals surface area contributed by atoms with Crippen molar-refractivity contribution in [2.24, 2.45) is 0 Å².